The van der Waals surface area contributed by atoms with Crippen molar-refractivity contribution in [2.24, 2.45) is 11.3 Å². The predicted molar refractivity (Wildman–Crippen MR) is 85.9 cm³/mol. The van der Waals surface area contributed by atoms with Crippen LogP contribution in [0.5, 0.6) is 0 Å². The van der Waals surface area contributed by atoms with Crippen LogP contribution in [0.15, 0.2) is 23.6 Å². The molecule has 1 fully saturated rings. The zero-order chi connectivity index (χ0) is 14.6. The molecule has 1 heterocycles. The SMILES string of the molecule is CCNC1CCC(C(C)(C)C)CC1Sc1ccncn1. The summed E-state index contributed by atoms with van der Waals surface area (Å²) in [6.07, 6.45) is 7.37. The van der Waals surface area contributed by atoms with Crippen LogP contribution in [0.1, 0.15) is 47.0 Å². The van der Waals surface area contributed by atoms with Gasteiger partial charge in [0.15, 0.2) is 0 Å². The largest absolute Gasteiger partial charge is 0.313 e. The van der Waals surface area contributed by atoms with E-state index in [0.29, 0.717) is 16.7 Å². The smallest absolute Gasteiger partial charge is 0.116 e. The summed E-state index contributed by atoms with van der Waals surface area (Å²) in [5.41, 5.74) is 0.404. The van der Waals surface area contributed by atoms with Crippen molar-refractivity contribution < 1.29 is 0 Å². The molecule has 1 aliphatic rings. The first-order valence-electron chi connectivity index (χ1n) is 7.66. The molecule has 1 aromatic heterocycles. The Hall–Kier alpha value is -0.610. The molecule has 0 aromatic carbocycles. The van der Waals surface area contributed by atoms with Crippen LogP contribution in [0.2, 0.25) is 0 Å². The Morgan fingerprint density at radius 3 is 2.75 bits per heavy atom. The third kappa shape index (κ3) is 4.19. The second-order valence-electron chi connectivity index (χ2n) is 6.74. The molecule has 0 bridgehead atoms. The zero-order valence-corrected chi connectivity index (χ0v) is 13.9. The quantitative estimate of drug-likeness (QED) is 0.858. The molecule has 3 nitrogen and oxygen atoms in total. The second-order valence-corrected chi connectivity index (χ2v) is 8.00. The molecule has 3 atom stereocenters. The van der Waals surface area contributed by atoms with Crippen molar-refractivity contribution in [3.05, 3.63) is 18.6 Å². The number of nitrogens with one attached hydrogen (secondary N) is 1. The summed E-state index contributed by atoms with van der Waals surface area (Å²) in [5, 5.41) is 5.38. The lowest BCUT2D eigenvalue weighted by atomic mass is 9.71. The van der Waals surface area contributed by atoms with Crippen LogP contribution in [0.25, 0.3) is 0 Å². The Balaban J connectivity index is 2.07. The van der Waals surface area contributed by atoms with Crippen LogP contribution in [0.3, 0.4) is 0 Å². The van der Waals surface area contributed by atoms with Gasteiger partial charge in [0.05, 0.1) is 5.03 Å². The van der Waals surface area contributed by atoms with E-state index in [-0.39, 0.29) is 0 Å². The molecule has 0 aliphatic heterocycles. The monoisotopic (exact) mass is 293 g/mol. The molecular formula is C16H27N3S. The summed E-state index contributed by atoms with van der Waals surface area (Å²) >= 11 is 1.92. The van der Waals surface area contributed by atoms with Gasteiger partial charge in [-0.1, -0.05) is 27.7 Å². The zero-order valence-electron chi connectivity index (χ0n) is 13.1. The van der Waals surface area contributed by atoms with Crippen LogP contribution in [-0.4, -0.2) is 27.8 Å². The minimum absolute atomic E-state index is 0.404. The molecule has 0 radical (unpaired) electrons. The lowest BCUT2D eigenvalue weighted by molar-refractivity contribution is 0.165. The first-order valence-corrected chi connectivity index (χ1v) is 8.54. The second kappa shape index (κ2) is 6.90. The molecule has 1 aliphatic carbocycles. The maximum atomic E-state index is 4.38. The molecule has 20 heavy (non-hydrogen) atoms. The molecule has 4 heteroatoms. The molecule has 112 valence electrons. The lowest BCUT2D eigenvalue weighted by Gasteiger charge is -2.41. The summed E-state index contributed by atoms with van der Waals surface area (Å²) in [6, 6.07) is 2.63. The van der Waals surface area contributed by atoms with Crippen LogP contribution >= 0.6 is 11.8 Å². The van der Waals surface area contributed by atoms with Gasteiger partial charge in [-0.05, 0) is 43.2 Å². The van der Waals surface area contributed by atoms with E-state index in [1.165, 1.54) is 19.3 Å². The van der Waals surface area contributed by atoms with Gasteiger partial charge >= 0.3 is 0 Å². The number of nitrogens with zero attached hydrogens (tertiary/aromatic N) is 2. The highest BCUT2D eigenvalue weighted by atomic mass is 32.2. The average Bonchev–Trinajstić information content (AvgIpc) is 2.41. The lowest BCUT2D eigenvalue weighted by Crippen LogP contribution is -2.44. The number of thioether (sulfide) groups is 1. The number of aromatic nitrogens is 2. The van der Waals surface area contributed by atoms with E-state index in [9.17, 15) is 0 Å². The molecule has 1 saturated carbocycles. The topological polar surface area (TPSA) is 37.8 Å². The van der Waals surface area contributed by atoms with Gasteiger partial charge < -0.3 is 5.32 Å². The summed E-state index contributed by atoms with van der Waals surface area (Å²) in [7, 11) is 0. The molecular weight excluding hydrogens is 266 g/mol. The van der Waals surface area contributed by atoms with Crippen LogP contribution in [0.4, 0.5) is 0 Å². The molecule has 0 spiro atoms. The van der Waals surface area contributed by atoms with Crippen LogP contribution in [0, 0.1) is 11.3 Å². The van der Waals surface area contributed by atoms with Gasteiger partial charge in [0.25, 0.3) is 0 Å². The first-order chi connectivity index (χ1) is 9.50. The van der Waals surface area contributed by atoms with Crippen molar-refractivity contribution in [3.8, 4) is 0 Å². The third-order valence-electron chi connectivity index (χ3n) is 4.31. The Kier molecular flexibility index (Phi) is 5.44. The van der Waals surface area contributed by atoms with Crippen molar-refractivity contribution in [3.63, 3.8) is 0 Å². The first kappa shape index (κ1) is 15.8. The van der Waals surface area contributed by atoms with E-state index in [1.54, 1.807) is 6.33 Å². The van der Waals surface area contributed by atoms with Gasteiger partial charge in [-0.2, -0.15) is 0 Å². The van der Waals surface area contributed by atoms with Gasteiger partial charge in [-0.25, -0.2) is 9.97 Å². The molecule has 3 unspecified atom stereocenters. The van der Waals surface area contributed by atoms with E-state index in [1.807, 2.05) is 24.0 Å². The van der Waals surface area contributed by atoms with E-state index in [4.69, 9.17) is 0 Å². The summed E-state index contributed by atoms with van der Waals surface area (Å²) in [6.45, 7) is 10.4. The van der Waals surface area contributed by atoms with Crippen molar-refractivity contribution in [2.75, 3.05) is 6.54 Å². The molecule has 0 amide bonds. The Morgan fingerprint density at radius 2 is 2.15 bits per heavy atom. The predicted octanol–water partition coefficient (Wildman–Crippen LogP) is 3.76. The van der Waals surface area contributed by atoms with E-state index < -0.39 is 0 Å². The Labute approximate surface area is 127 Å². The van der Waals surface area contributed by atoms with Crippen molar-refractivity contribution in [1.29, 1.82) is 0 Å². The standard InChI is InChI=1S/C16H27N3S/c1-5-18-13-7-6-12(16(2,3)4)10-14(13)20-15-8-9-17-11-19-15/h8-9,11-14,18H,5-7,10H2,1-4H3. The van der Waals surface area contributed by atoms with Crippen molar-refractivity contribution in [2.45, 2.75) is 63.3 Å². The minimum atomic E-state index is 0.404. The third-order valence-corrected chi connectivity index (χ3v) is 5.62. The van der Waals surface area contributed by atoms with Crippen molar-refractivity contribution in [1.82, 2.24) is 15.3 Å². The number of hydrogen-bond acceptors (Lipinski definition) is 4. The fourth-order valence-electron chi connectivity index (χ4n) is 3.05. The van der Waals surface area contributed by atoms with Gasteiger partial charge in [-0.3, -0.25) is 0 Å². The normalized spacial score (nSPS) is 27.5. The summed E-state index contributed by atoms with van der Waals surface area (Å²) in [5.74, 6) is 0.803. The Bertz CT molecular complexity index is 402. The van der Waals surface area contributed by atoms with Gasteiger partial charge in [0, 0.05) is 17.5 Å². The molecule has 2 rings (SSSR count). The number of hydrogen-bond donors (Lipinski definition) is 1. The fraction of sp³-hybridized carbons (Fsp3) is 0.750. The van der Waals surface area contributed by atoms with Crippen molar-refractivity contribution >= 4 is 11.8 Å². The van der Waals surface area contributed by atoms with E-state index in [2.05, 4.69) is 43.0 Å². The fourth-order valence-corrected chi connectivity index (χ4v) is 4.33. The van der Waals surface area contributed by atoms with E-state index in [0.717, 1.165) is 17.5 Å². The maximum Gasteiger partial charge on any atom is 0.116 e. The van der Waals surface area contributed by atoms with Gasteiger partial charge in [-0.15, -0.1) is 11.8 Å². The highest BCUT2D eigenvalue weighted by molar-refractivity contribution is 7.99. The number of rotatable bonds is 4. The van der Waals surface area contributed by atoms with Crippen LogP contribution < -0.4 is 5.32 Å². The molecule has 1 aromatic rings. The Morgan fingerprint density at radius 1 is 1.35 bits per heavy atom. The maximum absolute atomic E-state index is 4.38. The van der Waals surface area contributed by atoms with Gasteiger partial charge in [0.1, 0.15) is 6.33 Å². The summed E-state index contributed by atoms with van der Waals surface area (Å²) < 4.78 is 0. The summed E-state index contributed by atoms with van der Waals surface area (Å²) in [4.78, 5) is 8.39. The minimum Gasteiger partial charge on any atom is -0.313 e. The molecule has 0 saturated heterocycles. The average molecular weight is 293 g/mol. The van der Waals surface area contributed by atoms with Crippen LogP contribution in [-0.2, 0) is 0 Å². The van der Waals surface area contributed by atoms with E-state index >= 15 is 0 Å². The molecule has 1 N–H and O–H groups in total. The highest BCUT2D eigenvalue weighted by Gasteiger charge is 2.36. The van der Waals surface area contributed by atoms with Gasteiger partial charge in [0.2, 0.25) is 0 Å². The highest BCUT2D eigenvalue weighted by Crippen LogP contribution is 2.42.